The van der Waals surface area contributed by atoms with Gasteiger partial charge in [0.05, 0.1) is 7.11 Å². The van der Waals surface area contributed by atoms with Gasteiger partial charge in [-0.1, -0.05) is 13.3 Å². The Kier molecular flexibility index (Phi) is 6.05. The first-order valence-corrected chi connectivity index (χ1v) is 6.22. The van der Waals surface area contributed by atoms with Crippen LogP contribution in [0, 0.1) is 0 Å². The highest BCUT2D eigenvalue weighted by Gasteiger charge is 2.07. The second-order valence-electron chi connectivity index (χ2n) is 4.22. The number of rotatable bonds is 7. The summed E-state index contributed by atoms with van der Waals surface area (Å²) in [5.74, 6) is 1.34. The van der Waals surface area contributed by atoms with Crippen LogP contribution in [-0.2, 0) is 4.79 Å². The van der Waals surface area contributed by atoms with Gasteiger partial charge in [-0.25, -0.2) is 0 Å². The molecule has 1 rings (SSSR count). The summed E-state index contributed by atoms with van der Waals surface area (Å²) in [5, 5.41) is 2.88. The fraction of sp³-hybridized carbons (Fsp3) is 0.500. The summed E-state index contributed by atoms with van der Waals surface area (Å²) in [4.78, 5) is 11.6. The topological polar surface area (TPSA) is 47.6 Å². The molecule has 1 aromatic carbocycles. The van der Waals surface area contributed by atoms with Crippen LogP contribution in [0.25, 0.3) is 0 Å². The van der Waals surface area contributed by atoms with E-state index in [0.717, 1.165) is 18.6 Å². The van der Waals surface area contributed by atoms with Crippen LogP contribution in [0.3, 0.4) is 0 Å². The van der Waals surface area contributed by atoms with Crippen LogP contribution in [0.2, 0.25) is 0 Å². The molecule has 1 atom stereocenters. The van der Waals surface area contributed by atoms with Gasteiger partial charge in [-0.3, -0.25) is 4.79 Å². The van der Waals surface area contributed by atoms with Gasteiger partial charge in [-0.2, -0.15) is 0 Å². The Morgan fingerprint density at radius 2 is 1.89 bits per heavy atom. The summed E-state index contributed by atoms with van der Waals surface area (Å²) >= 11 is 0. The lowest BCUT2D eigenvalue weighted by Gasteiger charge is -2.13. The van der Waals surface area contributed by atoms with Gasteiger partial charge in [0.2, 0.25) is 0 Å². The van der Waals surface area contributed by atoms with Crippen LogP contribution in [0.15, 0.2) is 24.3 Å². The van der Waals surface area contributed by atoms with Crippen molar-refractivity contribution in [3.63, 3.8) is 0 Å². The van der Waals surface area contributed by atoms with E-state index in [4.69, 9.17) is 9.47 Å². The van der Waals surface area contributed by atoms with E-state index in [2.05, 4.69) is 12.2 Å². The predicted molar refractivity (Wildman–Crippen MR) is 71.0 cm³/mol. The molecule has 0 bridgehead atoms. The van der Waals surface area contributed by atoms with Crippen molar-refractivity contribution in [3.05, 3.63) is 24.3 Å². The van der Waals surface area contributed by atoms with Crippen LogP contribution in [0.1, 0.15) is 26.7 Å². The summed E-state index contributed by atoms with van der Waals surface area (Å²) in [7, 11) is 1.61. The molecule has 0 saturated carbocycles. The third-order valence-corrected chi connectivity index (χ3v) is 2.56. The number of ether oxygens (including phenoxy) is 2. The van der Waals surface area contributed by atoms with Gasteiger partial charge in [0, 0.05) is 6.04 Å². The first-order valence-electron chi connectivity index (χ1n) is 6.22. The number of hydrogen-bond donors (Lipinski definition) is 1. The molecule has 1 N–H and O–H groups in total. The standard InChI is InChI=1S/C14H21NO3/c1-4-5-11(2)15-14(16)10-18-13-8-6-12(17-3)7-9-13/h6-9,11H,4-5,10H2,1-3H3,(H,15,16)/t11-/m1/s1. The molecule has 0 unspecified atom stereocenters. The van der Waals surface area contributed by atoms with Crippen LogP contribution in [0.5, 0.6) is 11.5 Å². The molecule has 0 aliphatic rings. The lowest BCUT2D eigenvalue weighted by atomic mass is 10.2. The fourth-order valence-corrected chi connectivity index (χ4v) is 1.64. The van der Waals surface area contributed by atoms with Crippen molar-refractivity contribution in [2.75, 3.05) is 13.7 Å². The maximum atomic E-state index is 11.6. The Bertz CT molecular complexity index is 362. The summed E-state index contributed by atoms with van der Waals surface area (Å²) in [6.45, 7) is 4.13. The van der Waals surface area contributed by atoms with Crippen LogP contribution in [0.4, 0.5) is 0 Å². The van der Waals surface area contributed by atoms with Crippen molar-refractivity contribution in [1.82, 2.24) is 5.32 Å². The fourth-order valence-electron chi connectivity index (χ4n) is 1.64. The van der Waals surface area contributed by atoms with Crippen molar-refractivity contribution < 1.29 is 14.3 Å². The third kappa shape index (κ3) is 5.08. The molecular formula is C14H21NO3. The maximum absolute atomic E-state index is 11.6. The van der Waals surface area contributed by atoms with Gasteiger partial charge >= 0.3 is 0 Å². The molecule has 0 spiro atoms. The van der Waals surface area contributed by atoms with Gasteiger partial charge in [0.1, 0.15) is 11.5 Å². The molecule has 1 aromatic rings. The largest absolute Gasteiger partial charge is 0.497 e. The second kappa shape index (κ2) is 7.58. The van der Waals surface area contributed by atoms with Crippen molar-refractivity contribution in [2.45, 2.75) is 32.7 Å². The van der Waals surface area contributed by atoms with Crippen molar-refractivity contribution >= 4 is 5.91 Å². The smallest absolute Gasteiger partial charge is 0.258 e. The molecule has 4 heteroatoms. The van der Waals surface area contributed by atoms with E-state index in [-0.39, 0.29) is 18.6 Å². The number of benzene rings is 1. The third-order valence-electron chi connectivity index (χ3n) is 2.56. The minimum absolute atomic E-state index is 0.0420. The Morgan fingerprint density at radius 3 is 2.44 bits per heavy atom. The van der Waals surface area contributed by atoms with Gasteiger partial charge < -0.3 is 14.8 Å². The Morgan fingerprint density at radius 1 is 1.28 bits per heavy atom. The molecule has 0 aliphatic carbocycles. The molecule has 18 heavy (non-hydrogen) atoms. The summed E-state index contributed by atoms with van der Waals surface area (Å²) < 4.78 is 10.4. The number of methoxy groups -OCH3 is 1. The highest BCUT2D eigenvalue weighted by Crippen LogP contribution is 2.16. The Labute approximate surface area is 108 Å². The number of carbonyl (C=O) groups is 1. The lowest BCUT2D eigenvalue weighted by molar-refractivity contribution is -0.123. The zero-order valence-electron chi connectivity index (χ0n) is 11.2. The van der Waals surface area contributed by atoms with E-state index in [0.29, 0.717) is 5.75 Å². The molecule has 0 aromatic heterocycles. The maximum Gasteiger partial charge on any atom is 0.258 e. The summed E-state index contributed by atoms with van der Waals surface area (Å²) in [5.41, 5.74) is 0. The average Bonchev–Trinajstić information content (AvgIpc) is 2.37. The number of amides is 1. The van der Waals surface area contributed by atoms with Gasteiger partial charge in [-0.15, -0.1) is 0 Å². The van der Waals surface area contributed by atoms with E-state index in [1.807, 2.05) is 6.92 Å². The molecule has 0 heterocycles. The number of nitrogens with one attached hydrogen (secondary N) is 1. The van der Waals surface area contributed by atoms with E-state index < -0.39 is 0 Å². The van der Waals surface area contributed by atoms with Crippen LogP contribution >= 0.6 is 0 Å². The van der Waals surface area contributed by atoms with Crippen molar-refractivity contribution in [3.8, 4) is 11.5 Å². The second-order valence-corrected chi connectivity index (χ2v) is 4.22. The van der Waals surface area contributed by atoms with Crippen LogP contribution in [-0.4, -0.2) is 25.7 Å². The Balaban J connectivity index is 2.33. The van der Waals surface area contributed by atoms with Crippen molar-refractivity contribution in [2.24, 2.45) is 0 Å². The average molecular weight is 251 g/mol. The minimum Gasteiger partial charge on any atom is -0.497 e. The minimum atomic E-state index is -0.0910. The van der Waals surface area contributed by atoms with Crippen LogP contribution < -0.4 is 14.8 Å². The number of hydrogen-bond acceptors (Lipinski definition) is 3. The van der Waals surface area contributed by atoms with Gasteiger partial charge in [0.15, 0.2) is 6.61 Å². The first-order chi connectivity index (χ1) is 8.65. The highest BCUT2D eigenvalue weighted by molar-refractivity contribution is 5.77. The first kappa shape index (κ1) is 14.4. The van der Waals surface area contributed by atoms with Crippen molar-refractivity contribution in [1.29, 1.82) is 0 Å². The lowest BCUT2D eigenvalue weighted by Crippen LogP contribution is -2.35. The molecule has 100 valence electrons. The zero-order chi connectivity index (χ0) is 13.4. The Hall–Kier alpha value is -1.71. The zero-order valence-corrected chi connectivity index (χ0v) is 11.2. The molecule has 1 amide bonds. The van der Waals surface area contributed by atoms with Gasteiger partial charge in [-0.05, 0) is 37.6 Å². The van der Waals surface area contributed by atoms with Gasteiger partial charge in [0.25, 0.3) is 5.91 Å². The molecular weight excluding hydrogens is 230 g/mol. The quantitative estimate of drug-likeness (QED) is 0.809. The highest BCUT2D eigenvalue weighted by atomic mass is 16.5. The van der Waals surface area contributed by atoms with E-state index in [1.165, 1.54) is 0 Å². The number of carbonyl (C=O) groups excluding carboxylic acids is 1. The summed E-state index contributed by atoms with van der Waals surface area (Å²) in [6, 6.07) is 7.35. The van der Waals surface area contributed by atoms with E-state index >= 15 is 0 Å². The van der Waals surface area contributed by atoms with E-state index in [1.54, 1.807) is 31.4 Å². The molecule has 4 nitrogen and oxygen atoms in total. The molecule has 0 radical (unpaired) electrons. The molecule has 0 aliphatic heterocycles. The SMILES string of the molecule is CCC[C@@H](C)NC(=O)COc1ccc(OC)cc1. The monoisotopic (exact) mass is 251 g/mol. The predicted octanol–water partition coefficient (Wildman–Crippen LogP) is 2.38. The normalized spacial score (nSPS) is 11.7. The summed E-state index contributed by atoms with van der Waals surface area (Å²) in [6.07, 6.45) is 2.04. The molecule has 0 fully saturated rings. The van der Waals surface area contributed by atoms with E-state index in [9.17, 15) is 4.79 Å². The molecule has 0 saturated heterocycles.